The van der Waals surface area contributed by atoms with Crippen molar-refractivity contribution >= 4 is 29.8 Å². The van der Waals surface area contributed by atoms with Crippen LogP contribution in [0.5, 0.6) is 5.75 Å². The Morgan fingerprint density at radius 3 is 2.71 bits per heavy atom. The number of rotatable bonds is 3. The molecule has 0 fully saturated rings. The van der Waals surface area contributed by atoms with Crippen LogP contribution in [0.25, 0.3) is 12.2 Å². The van der Waals surface area contributed by atoms with Crippen LogP contribution in [0.15, 0.2) is 53.3 Å². The highest BCUT2D eigenvalue weighted by molar-refractivity contribution is 7.07. The summed E-state index contributed by atoms with van der Waals surface area (Å²) in [7, 11) is 0. The number of carbonyl (C=O) groups excluding carboxylic acids is 1. The number of aromatic nitrogens is 1. The number of aldehydes is 1. The maximum absolute atomic E-state index is 11.8. The third-order valence-corrected chi connectivity index (χ3v) is 5.42. The van der Waals surface area contributed by atoms with Gasteiger partial charge in [0.25, 0.3) is 5.56 Å². The van der Waals surface area contributed by atoms with Crippen LogP contribution in [-0.4, -0.2) is 17.9 Å². The number of nitrogens with one attached hydrogen (secondary N) is 1. The van der Waals surface area contributed by atoms with Crippen molar-refractivity contribution in [3.63, 3.8) is 0 Å². The highest BCUT2D eigenvalue weighted by Crippen LogP contribution is 2.25. The van der Waals surface area contributed by atoms with E-state index in [0.29, 0.717) is 6.42 Å². The Morgan fingerprint density at radius 1 is 1.18 bits per heavy atom. The number of fused-ring (bicyclic) bond motifs is 1. The van der Waals surface area contributed by atoms with Crippen molar-refractivity contribution in [2.45, 2.75) is 26.2 Å². The van der Waals surface area contributed by atoms with Gasteiger partial charge in [-0.05, 0) is 54.7 Å². The van der Waals surface area contributed by atoms with E-state index in [-0.39, 0.29) is 5.56 Å². The van der Waals surface area contributed by atoms with Crippen LogP contribution in [0, 0.1) is 0 Å². The lowest BCUT2D eigenvalue weighted by molar-refractivity contribution is -0.107. The summed E-state index contributed by atoms with van der Waals surface area (Å²) in [5.74, 6) is 0.978. The summed E-state index contributed by atoms with van der Waals surface area (Å²) in [6.45, 7) is 2.72. The maximum Gasteiger partial charge on any atom is 0.266 e. The van der Waals surface area contributed by atoms with Crippen LogP contribution in [0.2, 0.25) is 0 Å². The van der Waals surface area contributed by atoms with E-state index >= 15 is 0 Å². The average molecular weight is 394 g/mol. The van der Waals surface area contributed by atoms with Gasteiger partial charge in [0.2, 0.25) is 0 Å². The fraction of sp³-hybridized carbons (Fsp3) is 0.217. The minimum atomic E-state index is -0.0212. The van der Waals surface area contributed by atoms with Gasteiger partial charge in [0.05, 0.1) is 15.8 Å². The molecule has 0 aliphatic carbocycles. The van der Waals surface area contributed by atoms with Crippen LogP contribution in [0.4, 0.5) is 0 Å². The second-order valence-corrected chi connectivity index (χ2v) is 7.48. The number of carbonyl (C=O) groups is 1. The number of H-pyrrole nitrogens is 1. The molecule has 0 bridgehead atoms. The van der Waals surface area contributed by atoms with E-state index in [4.69, 9.17) is 4.74 Å². The average Bonchev–Trinajstić information content (AvgIpc) is 3.09. The van der Waals surface area contributed by atoms with Gasteiger partial charge in [-0.3, -0.25) is 4.79 Å². The molecule has 0 saturated carbocycles. The number of aromatic amines is 1. The molecule has 1 aliphatic heterocycles. The third kappa shape index (κ3) is 5.30. The molecule has 0 saturated heterocycles. The van der Waals surface area contributed by atoms with Crippen molar-refractivity contribution in [3.05, 3.63) is 84.8 Å². The predicted molar refractivity (Wildman–Crippen MR) is 114 cm³/mol. The molecule has 1 aromatic heterocycles. The first-order chi connectivity index (χ1) is 13.7. The van der Waals surface area contributed by atoms with Gasteiger partial charge in [0.15, 0.2) is 0 Å². The zero-order chi connectivity index (χ0) is 19.8. The summed E-state index contributed by atoms with van der Waals surface area (Å²) >= 11 is 1.48. The lowest BCUT2D eigenvalue weighted by atomic mass is 10.0. The van der Waals surface area contributed by atoms with Gasteiger partial charge < -0.3 is 14.5 Å². The van der Waals surface area contributed by atoms with Crippen LogP contribution in [-0.2, 0) is 17.6 Å². The van der Waals surface area contributed by atoms with Crippen molar-refractivity contribution in [2.75, 3.05) is 6.61 Å². The molecular formula is C23H23NO3S. The Balaban J connectivity index is 0.000000211. The number of hydrogen-bond acceptors (Lipinski definition) is 4. The summed E-state index contributed by atoms with van der Waals surface area (Å²) < 4.78 is 7.23. The molecule has 144 valence electrons. The summed E-state index contributed by atoms with van der Waals surface area (Å²) in [6.07, 6.45) is 7.39. The first-order valence-corrected chi connectivity index (χ1v) is 10.1. The van der Waals surface area contributed by atoms with Crippen LogP contribution in [0.1, 0.15) is 30.0 Å². The highest BCUT2D eigenvalue weighted by atomic mass is 32.1. The largest absolute Gasteiger partial charge is 0.493 e. The topological polar surface area (TPSA) is 59.2 Å². The van der Waals surface area contributed by atoms with E-state index in [1.54, 1.807) is 0 Å². The quantitative estimate of drug-likeness (QED) is 0.696. The maximum atomic E-state index is 11.8. The molecule has 2 aromatic carbocycles. The zero-order valence-electron chi connectivity index (χ0n) is 15.8. The molecule has 1 N–H and O–H groups in total. The van der Waals surface area contributed by atoms with Crippen molar-refractivity contribution in [2.24, 2.45) is 0 Å². The van der Waals surface area contributed by atoms with E-state index in [9.17, 15) is 9.59 Å². The van der Waals surface area contributed by atoms with Gasteiger partial charge in [-0.1, -0.05) is 42.5 Å². The van der Waals surface area contributed by atoms with E-state index in [0.717, 1.165) is 51.8 Å². The van der Waals surface area contributed by atoms with Crippen molar-refractivity contribution in [3.8, 4) is 5.75 Å². The Morgan fingerprint density at radius 2 is 2.00 bits per heavy atom. The van der Waals surface area contributed by atoms with Gasteiger partial charge in [-0.25, -0.2) is 0 Å². The summed E-state index contributed by atoms with van der Waals surface area (Å²) in [5.41, 5.74) is 3.34. The van der Waals surface area contributed by atoms with E-state index < -0.39 is 0 Å². The second kappa shape index (κ2) is 9.85. The number of aryl methyl sites for hydroxylation is 1. The molecule has 1 aliphatic rings. The van der Waals surface area contributed by atoms with Crippen LogP contribution >= 0.6 is 11.3 Å². The van der Waals surface area contributed by atoms with Crippen molar-refractivity contribution in [1.82, 2.24) is 4.98 Å². The first-order valence-electron chi connectivity index (χ1n) is 9.30. The molecule has 5 heteroatoms. The Hall–Kier alpha value is -2.92. The van der Waals surface area contributed by atoms with E-state index in [1.165, 1.54) is 16.9 Å². The van der Waals surface area contributed by atoms with Gasteiger partial charge in [0, 0.05) is 6.42 Å². The zero-order valence-corrected chi connectivity index (χ0v) is 16.6. The Bertz CT molecular complexity index is 1100. The molecule has 3 aromatic rings. The van der Waals surface area contributed by atoms with Gasteiger partial charge in [-0.15, -0.1) is 11.3 Å². The fourth-order valence-electron chi connectivity index (χ4n) is 2.92. The smallest absolute Gasteiger partial charge is 0.266 e. The predicted octanol–water partition coefficient (Wildman–Crippen LogP) is 2.82. The summed E-state index contributed by atoms with van der Waals surface area (Å²) in [6, 6.07) is 15.8. The molecule has 0 spiro atoms. The van der Waals surface area contributed by atoms with E-state index in [2.05, 4.69) is 11.1 Å². The summed E-state index contributed by atoms with van der Waals surface area (Å²) in [5, 5.41) is 0. The normalized spacial score (nSPS) is 13.9. The molecule has 0 unspecified atom stereocenters. The van der Waals surface area contributed by atoms with Gasteiger partial charge in [0.1, 0.15) is 12.0 Å². The standard InChI is InChI=1S/C15H15NO2S.C8H8O/c1-2-14-16-15(17)13(19-14)9-10-5-6-12-11(8-10)4-3-7-18-12;9-7-6-8-4-2-1-3-5-8/h2,5-6,8-9H,3-4,7H2,1H3,(H,16,17);1-5,7H,6H2/b13-9-,14-2+;. The van der Waals surface area contributed by atoms with E-state index in [1.807, 2.05) is 61.5 Å². The lowest BCUT2D eigenvalue weighted by Gasteiger charge is -2.17. The Labute approximate surface area is 167 Å². The second-order valence-electron chi connectivity index (χ2n) is 6.39. The van der Waals surface area contributed by atoms with Crippen molar-refractivity contribution < 1.29 is 9.53 Å². The van der Waals surface area contributed by atoms with Crippen LogP contribution in [0.3, 0.4) is 0 Å². The molecular weight excluding hydrogens is 370 g/mol. The van der Waals surface area contributed by atoms with Crippen molar-refractivity contribution in [1.29, 1.82) is 0 Å². The lowest BCUT2D eigenvalue weighted by Crippen LogP contribution is -2.19. The molecule has 0 radical (unpaired) electrons. The SMILES string of the molecule is C/C=c1\[nH]c(=O)/c(=C/c2ccc3c(c2)CCCO3)s1.O=CCc1ccccc1. The number of thiazole rings is 1. The number of ether oxygens (including phenoxy) is 1. The minimum absolute atomic E-state index is 0.0212. The third-order valence-electron chi connectivity index (χ3n) is 4.33. The first kappa shape index (κ1) is 19.8. The van der Waals surface area contributed by atoms with Gasteiger partial charge in [-0.2, -0.15) is 0 Å². The Kier molecular flexibility index (Phi) is 6.98. The minimum Gasteiger partial charge on any atom is -0.493 e. The van der Waals surface area contributed by atoms with Crippen LogP contribution < -0.4 is 19.5 Å². The summed E-state index contributed by atoms with van der Waals surface area (Å²) in [4.78, 5) is 24.6. The molecule has 0 amide bonds. The van der Waals surface area contributed by atoms with Gasteiger partial charge >= 0.3 is 0 Å². The molecule has 28 heavy (non-hydrogen) atoms. The molecule has 2 heterocycles. The monoisotopic (exact) mass is 393 g/mol. The number of hydrogen-bond donors (Lipinski definition) is 1. The fourth-order valence-corrected chi connectivity index (χ4v) is 3.76. The highest BCUT2D eigenvalue weighted by Gasteiger charge is 2.09. The number of benzene rings is 2. The molecule has 4 nitrogen and oxygen atoms in total. The molecule has 4 rings (SSSR count). The molecule has 0 atom stereocenters.